The highest BCUT2D eigenvalue weighted by atomic mass is 35.5. The summed E-state index contributed by atoms with van der Waals surface area (Å²) in [7, 11) is 0. The Morgan fingerprint density at radius 3 is 2.47 bits per heavy atom. The van der Waals surface area contributed by atoms with E-state index >= 15 is 0 Å². The number of thioether (sulfide) groups is 1. The Hall–Kier alpha value is -3.08. The first kappa shape index (κ1) is 27.5. The average molecular weight is 550 g/mol. The van der Waals surface area contributed by atoms with Gasteiger partial charge < -0.3 is 15.4 Å². The van der Waals surface area contributed by atoms with Gasteiger partial charge in [0.1, 0.15) is 5.82 Å². The molecule has 190 valence electrons. The highest BCUT2D eigenvalue weighted by Crippen LogP contribution is 2.25. The molecule has 0 spiro atoms. The van der Waals surface area contributed by atoms with Crippen LogP contribution in [0.4, 0.5) is 5.69 Å². The van der Waals surface area contributed by atoms with Crippen molar-refractivity contribution in [2.24, 2.45) is 5.92 Å². The molecule has 3 rings (SSSR count). The van der Waals surface area contributed by atoms with Crippen LogP contribution in [0.3, 0.4) is 0 Å². The first-order valence-corrected chi connectivity index (χ1v) is 12.8. The zero-order valence-corrected chi connectivity index (χ0v) is 22.1. The van der Waals surface area contributed by atoms with Gasteiger partial charge in [0.2, 0.25) is 11.1 Å². The molecule has 1 atom stereocenters. The van der Waals surface area contributed by atoms with Gasteiger partial charge in [0.25, 0.3) is 5.91 Å². The number of aromatic amines is 1. The Balaban J connectivity index is 1.57. The molecule has 0 aliphatic carbocycles. The number of anilines is 1. The lowest BCUT2D eigenvalue weighted by Gasteiger charge is -2.20. The van der Waals surface area contributed by atoms with Gasteiger partial charge in [-0.15, -0.1) is 5.10 Å². The second-order valence-corrected chi connectivity index (χ2v) is 9.74. The van der Waals surface area contributed by atoms with Gasteiger partial charge in [0.15, 0.2) is 0 Å². The molecule has 12 heteroatoms. The lowest BCUT2D eigenvalue weighted by atomic mass is 10.0. The summed E-state index contributed by atoms with van der Waals surface area (Å²) in [5, 5.41) is 13.7. The van der Waals surface area contributed by atoms with Gasteiger partial charge >= 0.3 is 5.97 Å². The zero-order chi connectivity index (χ0) is 26.2. The monoisotopic (exact) mass is 549 g/mol. The fourth-order valence-corrected chi connectivity index (χ4v) is 4.24. The topological polar surface area (TPSA) is 126 Å². The zero-order valence-electron chi connectivity index (χ0n) is 19.8. The fourth-order valence-electron chi connectivity index (χ4n) is 3.14. The molecule has 1 aromatic heterocycles. The van der Waals surface area contributed by atoms with Gasteiger partial charge in [-0.05, 0) is 55.3 Å². The van der Waals surface area contributed by atoms with Crippen LogP contribution in [0, 0.1) is 5.92 Å². The van der Waals surface area contributed by atoms with Crippen molar-refractivity contribution in [2.45, 2.75) is 32.0 Å². The number of nitrogens with zero attached hydrogens (tertiary/aromatic N) is 2. The molecule has 2 aromatic carbocycles. The molecule has 0 fully saturated rings. The van der Waals surface area contributed by atoms with Crippen LogP contribution >= 0.6 is 35.0 Å². The number of carbonyl (C=O) groups excluding carboxylic acids is 3. The quantitative estimate of drug-likeness (QED) is 0.236. The molecule has 0 radical (unpaired) electrons. The van der Waals surface area contributed by atoms with E-state index < -0.39 is 12.0 Å². The summed E-state index contributed by atoms with van der Waals surface area (Å²) in [6.07, 6.45) is 0. The van der Waals surface area contributed by atoms with E-state index in [0.717, 1.165) is 11.8 Å². The molecule has 0 bridgehead atoms. The lowest BCUT2D eigenvalue weighted by molar-refractivity contribution is -0.113. The van der Waals surface area contributed by atoms with Crippen molar-refractivity contribution in [3.05, 3.63) is 69.5 Å². The Bertz CT molecular complexity index is 1230. The number of aromatic nitrogens is 3. The highest BCUT2D eigenvalue weighted by Gasteiger charge is 2.24. The van der Waals surface area contributed by atoms with E-state index in [1.165, 1.54) is 6.07 Å². The van der Waals surface area contributed by atoms with E-state index in [1.54, 1.807) is 43.3 Å². The minimum atomic E-state index is -0.460. The molecular weight excluding hydrogens is 525 g/mol. The third kappa shape index (κ3) is 7.46. The fraction of sp³-hybridized carbons (Fsp3) is 0.292. The van der Waals surface area contributed by atoms with Crippen LogP contribution in [-0.2, 0) is 9.53 Å². The molecule has 0 saturated heterocycles. The standard InChI is InChI=1S/C24H25Cl2N5O4S/c1-4-35-23(34)14-5-8-16(9-6-14)27-19(32)12-36-24-29-21(30-31-24)20(13(2)3)28-22(33)17-10-7-15(25)11-18(17)26/h5-11,13,20H,4,12H2,1-3H3,(H,27,32)(H,28,33)(H,29,30,31)/t20-/m0/s1. The largest absolute Gasteiger partial charge is 0.462 e. The molecule has 36 heavy (non-hydrogen) atoms. The van der Waals surface area contributed by atoms with Crippen molar-refractivity contribution < 1.29 is 19.1 Å². The van der Waals surface area contributed by atoms with E-state index in [9.17, 15) is 14.4 Å². The van der Waals surface area contributed by atoms with E-state index in [0.29, 0.717) is 39.4 Å². The van der Waals surface area contributed by atoms with Crippen LogP contribution in [0.25, 0.3) is 0 Å². The summed E-state index contributed by atoms with van der Waals surface area (Å²) in [6.45, 7) is 5.89. The van der Waals surface area contributed by atoms with Crippen molar-refractivity contribution in [3.8, 4) is 0 Å². The normalized spacial score (nSPS) is 11.7. The molecular formula is C24H25Cl2N5O4S. The van der Waals surface area contributed by atoms with E-state index in [4.69, 9.17) is 27.9 Å². The summed E-state index contributed by atoms with van der Waals surface area (Å²) >= 11 is 13.2. The maximum absolute atomic E-state index is 12.8. The molecule has 1 heterocycles. The Labute approximate surface area is 222 Å². The van der Waals surface area contributed by atoms with Gasteiger partial charge in [-0.2, -0.15) is 0 Å². The summed E-state index contributed by atoms with van der Waals surface area (Å²) < 4.78 is 4.94. The highest BCUT2D eigenvalue weighted by molar-refractivity contribution is 7.99. The second-order valence-electron chi connectivity index (χ2n) is 7.96. The summed E-state index contributed by atoms with van der Waals surface area (Å²) in [4.78, 5) is 41.3. The van der Waals surface area contributed by atoms with Crippen molar-refractivity contribution >= 4 is 58.4 Å². The Morgan fingerprint density at radius 1 is 1.11 bits per heavy atom. The summed E-state index contributed by atoms with van der Waals surface area (Å²) in [5.41, 5.74) is 1.25. The van der Waals surface area contributed by atoms with E-state index in [1.807, 2.05) is 13.8 Å². The number of nitrogens with one attached hydrogen (secondary N) is 3. The van der Waals surface area contributed by atoms with Crippen LogP contribution in [0.5, 0.6) is 0 Å². The average Bonchev–Trinajstić information content (AvgIpc) is 3.30. The Morgan fingerprint density at radius 2 is 1.83 bits per heavy atom. The smallest absolute Gasteiger partial charge is 0.338 e. The van der Waals surface area contributed by atoms with Gasteiger partial charge in [0.05, 0.1) is 34.6 Å². The van der Waals surface area contributed by atoms with Gasteiger partial charge in [0, 0.05) is 10.7 Å². The van der Waals surface area contributed by atoms with Crippen LogP contribution in [0.1, 0.15) is 53.4 Å². The molecule has 3 N–H and O–H groups in total. The third-order valence-corrected chi connectivity index (χ3v) is 6.31. The predicted molar refractivity (Wildman–Crippen MR) is 140 cm³/mol. The number of hydrogen-bond acceptors (Lipinski definition) is 7. The number of halogens is 2. The minimum absolute atomic E-state index is 0.00768. The molecule has 0 unspecified atom stereocenters. The number of rotatable bonds is 10. The summed E-state index contributed by atoms with van der Waals surface area (Å²) in [6, 6.07) is 10.6. The number of H-pyrrole nitrogens is 1. The van der Waals surface area contributed by atoms with Gasteiger partial charge in [-0.3, -0.25) is 14.7 Å². The van der Waals surface area contributed by atoms with Crippen molar-refractivity contribution in [1.29, 1.82) is 0 Å². The predicted octanol–water partition coefficient (Wildman–Crippen LogP) is 5.15. The molecule has 0 aliphatic heterocycles. The van der Waals surface area contributed by atoms with Crippen molar-refractivity contribution in [1.82, 2.24) is 20.5 Å². The first-order valence-electron chi connectivity index (χ1n) is 11.1. The van der Waals surface area contributed by atoms with Crippen LogP contribution in [-0.4, -0.2) is 45.3 Å². The molecule has 2 amide bonds. The van der Waals surface area contributed by atoms with E-state index in [-0.39, 0.29) is 28.5 Å². The number of esters is 1. The van der Waals surface area contributed by atoms with Gasteiger partial charge in [-0.1, -0.05) is 48.8 Å². The Kier molecular flexibility index (Phi) is 9.74. The first-order chi connectivity index (χ1) is 17.2. The molecule has 3 aromatic rings. The van der Waals surface area contributed by atoms with Crippen LogP contribution < -0.4 is 10.6 Å². The maximum atomic E-state index is 12.8. The molecule has 9 nitrogen and oxygen atoms in total. The second kappa shape index (κ2) is 12.8. The summed E-state index contributed by atoms with van der Waals surface area (Å²) in [5.74, 6) is -0.530. The number of benzene rings is 2. The number of carbonyl (C=O) groups is 3. The number of hydrogen-bond donors (Lipinski definition) is 3. The molecule has 0 saturated carbocycles. The SMILES string of the molecule is CCOC(=O)c1ccc(NC(=O)CSc2n[nH]c([C@@H](NC(=O)c3ccc(Cl)cc3Cl)C(C)C)n2)cc1. The van der Waals surface area contributed by atoms with Crippen LogP contribution in [0.2, 0.25) is 10.0 Å². The number of amides is 2. The maximum Gasteiger partial charge on any atom is 0.338 e. The number of ether oxygens (including phenoxy) is 1. The van der Waals surface area contributed by atoms with Gasteiger partial charge in [-0.25, -0.2) is 9.78 Å². The van der Waals surface area contributed by atoms with Crippen molar-refractivity contribution in [2.75, 3.05) is 17.7 Å². The van der Waals surface area contributed by atoms with Crippen LogP contribution in [0.15, 0.2) is 47.6 Å². The third-order valence-electron chi connectivity index (χ3n) is 4.92. The van der Waals surface area contributed by atoms with Crippen molar-refractivity contribution in [3.63, 3.8) is 0 Å². The minimum Gasteiger partial charge on any atom is -0.462 e. The molecule has 0 aliphatic rings. The van der Waals surface area contributed by atoms with E-state index in [2.05, 4.69) is 25.8 Å². The lowest BCUT2D eigenvalue weighted by Crippen LogP contribution is -2.32.